The molecule has 10 heteroatoms. The highest BCUT2D eigenvalue weighted by atomic mass is 16.3. The summed E-state index contributed by atoms with van der Waals surface area (Å²) in [6.45, 7) is 2.26. The van der Waals surface area contributed by atoms with Crippen LogP contribution in [0.5, 0.6) is 0 Å². The van der Waals surface area contributed by atoms with Crippen LogP contribution in [0.1, 0.15) is 43.7 Å². The van der Waals surface area contributed by atoms with Crippen molar-refractivity contribution in [1.29, 1.82) is 0 Å². The number of aliphatic hydroxyl groups is 1. The van der Waals surface area contributed by atoms with E-state index in [1.165, 1.54) is 6.33 Å². The number of hydrogen-bond donors (Lipinski definition) is 2. The van der Waals surface area contributed by atoms with E-state index in [2.05, 4.69) is 20.4 Å². The van der Waals surface area contributed by atoms with E-state index in [-0.39, 0.29) is 23.8 Å². The van der Waals surface area contributed by atoms with Crippen LogP contribution in [0.15, 0.2) is 29.6 Å². The van der Waals surface area contributed by atoms with Gasteiger partial charge in [0.1, 0.15) is 11.8 Å². The van der Waals surface area contributed by atoms with Crippen molar-refractivity contribution in [3.8, 4) is 0 Å². The van der Waals surface area contributed by atoms with Crippen molar-refractivity contribution in [2.45, 2.75) is 45.1 Å². The van der Waals surface area contributed by atoms with Gasteiger partial charge in [-0.1, -0.05) is 0 Å². The zero-order valence-electron chi connectivity index (χ0n) is 19.3. The zero-order chi connectivity index (χ0) is 23.2. The molecule has 0 aliphatic heterocycles. The second-order valence-corrected chi connectivity index (χ2v) is 10.8. The molecule has 2 atom stereocenters. The Hall–Kier alpha value is -3.27. The van der Waals surface area contributed by atoms with E-state index in [9.17, 15) is 9.90 Å². The van der Waals surface area contributed by atoms with E-state index in [1.54, 1.807) is 22.3 Å². The molecule has 2 unspecified atom stereocenters. The van der Waals surface area contributed by atoms with Gasteiger partial charge in [0.25, 0.3) is 0 Å². The summed E-state index contributed by atoms with van der Waals surface area (Å²) in [7, 11) is 1.80. The number of imidazole rings is 1. The second-order valence-electron chi connectivity index (χ2n) is 10.8. The zero-order valence-corrected chi connectivity index (χ0v) is 19.3. The molecule has 0 saturated heterocycles. The number of fused-ring (bicyclic) bond motifs is 2. The van der Waals surface area contributed by atoms with Crippen molar-refractivity contribution in [1.82, 2.24) is 33.7 Å². The number of hydrogen-bond acceptors (Lipinski definition) is 7. The Morgan fingerprint density at radius 1 is 1.21 bits per heavy atom. The van der Waals surface area contributed by atoms with Crippen LogP contribution in [0, 0.1) is 30.1 Å². The quantitative estimate of drug-likeness (QED) is 0.481. The summed E-state index contributed by atoms with van der Waals surface area (Å²) in [6.07, 6.45) is 10.5. The average molecular weight is 461 g/mol. The van der Waals surface area contributed by atoms with Crippen molar-refractivity contribution in [2.24, 2.45) is 30.2 Å². The maximum Gasteiger partial charge on any atom is 0.330 e. The Labute approximate surface area is 195 Å². The molecule has 4 aromatic rings. The highest BCUT2D eigenvalue weighted by Crippen LogP contribution is 2.63. The molecule has 0 spiro atoms. The Morgan fingerprint density at radius 3 is 2.76 bits per heavy atom. The van der Waals surface area contributed by atoms with E-state index >= 15 is 0 Å². The Kier molecular flexibility index (Phi) is 4.07. The molecule has 4 aromatic heterocycles. The van der Waals surface area contributed by atoms with Gasteiger partial charge in [-0.2, -0.15) is 10.1 Å². The SMILES string of the molecule is Cc1cc2ncnn2cc1Nc1ncc2c(n1)n(C1C3CC4CC1CC(CO)(C4)C3)c(=O)n2C. The average Bonchev–Trinajstić information content (AvgIpc) is 3.36. The van der Waals surface area contributed by atoms with Gasteiger partial charge in [-0.25, -0.2) is 19.3 Å². The standard InChI is InChI=1S/C24H28N8O2/c1-13-3-19-26-12-27-31(19)10-17(13)28-22-25-9-18-21(29-22)32(23(34)30(18)2)20-15-4-14-5-16(20)8-24(6-14,7-15)11-33/h3,9-10,12,14-16,20,33H,4-8,11H2,1-2H3,(H,25,28,29). The molecule has 4 saturated carbocycles. The third-order valence-corrected chi connectivity index (χ3v) is 8.69. The minimum absolute atomic E-state index is 0.0304. The molecule has 4 fully saturated rings. The minimum Gasteiger partial charge on any atom is -0.396 e. The fourth-order valence-corrected chi connectivity index (χ4v) is 7.45. The number of aromatic nitrogens is 7. The lowest BCUT2D eigenvalue weighted by Crippen LogP contribution is -2.54. The number of anilines is 2. The normalized spacial score (nSPS) is 30.0. The lowest BCUT2D eigenvalue weighted by Gasteiger charge is -2.59. The van der Waals surface area contributed by atoms with Gasteiger partial charge in [0.2, 0.25) is 5.95 Å². The van der Waals surface area contributed by atoms with Crippen LogP contribution < -0.4 is 11.0 Å². The van der Waals surface area contributed by atoms with Crippen LogP contribution >= 0.6 is 0 Å². The molecule has 0 radical (unpaired) electrons. The maximum absolute atomic E-state index is 13.5. The lowest BCUT2D eigenvalue weighted by atomic mass is 9.48. The lowest BCUT2D eigenvalue weighted by molar-refractivity contribution is -0.109. The van der Waals surface area contributed by atoms with Crippen LogP contribution in [0.2, 0.25) is 0 Å². The number of pyridine rings is 1. The Balaban J connectivity index is 1.31. The number of rotatable bonds is 4. The number of aryl methyl sites for hydroxylation is 2. The fraction of sp³-hybridized carbons (Fsp3) is 0.542. The van der Waals surface area contributed by atoms with Gasteiger partial charge in [-0.3, -0.25) is 9.13 Å². The predicted octanol–water partition coefficient (Wildman–Crippen LogP) is 2.58. The molecule has 2 N–H and O–H groups in total. The summed E-state index contributed by atoms with van der Waals surface area (Å²) in [5, 5.41) is 17.7. The summed E-state index contributed by atoms with van der Waals surface area (Å²) in [6, 6.07) is 2.08. The molecule has 4 bridgehead atoms. The van der Waals surface area contributed by atoms with Crippen LogP contribution in [-0.4, -0.2) is 45.4 Å². The third-order valence-electron chi connectivity index (χ3n) is 8.69. The van der Waals surface area contributed by atoms with E-state index < -0.39 is 0 Å². The third kappa shape index (κ3) is 2.74. The summed E-state index contributed by atoms with van der Waals surface area (Å²) in [5.74, 6) is 1.94. The van der Waals surface area contributed by atoms with Crippen LogP contribution in [-0.2, 0) is 7.05 Å². The van der Waals surface area contributed by atoms with Crippen molar-refractivity contribution in [3.63, 3.8) is 0 Å². The highest BCUT2D eigenvalue weighted by molar-refractivity contribution is 5.73. The van der Waals surface area contributed by atoms with Gasteiger partial charge in [-0.05, 0) is 73.8 Å². The molecule has 0 aromatic carbocycles. The fourth-order valence-electron chi connectivity index (χ4n) is 7.45. The van der Waals surface area contributed by atoms with Gasteiger partial charge in [0.05, 0.1) is 18.1 Å². The van der Waals surface area contributed by atoms with E-state index in [4.69, 9.17) is 4.98 Å². The monoisotopic (exact) mass is 460 g/mol. The van der Waals surface area contributed by atoms with Gasteiger partial charge in [0, 0.05) is 19.7 Å². The number of aliphatic hydroxyl groups excluding tert-OH is 1. The van der Waals surface area contributed by atoms with Crippen molar-refractivity contribution in [2.75, 3.05) is 11.9 Å². The Bertz CT molecular complexity index is 1480. The van der Waals surface area contributed by atoms with Crippen LogP contribution in [0.25, 0.3) is 16.8 Å². The molecule has 8 rings (SSSR count). The largest absolute Gasteiger partial charge is 0.396 e. The first kappa shape index (κ1) is 20.1. The molecular weight excluding hydrogens is 432 g/mol. The molecule has 176 valence electrons. The first-order chi connectivity index (χ1) is 16.4. The topological polar surface area (TPSA) is 115 Å². The molecule has 4 heterocycles. The predicted molar refractivity (Wildman–Crippen MR) is 126 cm³/mol. The molecule has 4 aliphatic rings. The van der Waals surface area contributed by atoms with Gasteiger partial charge < -0.3 is 10.4 Å². The summed E-state index contributed by atoms with van der Waals surface area (Å²) >= 11 is 0. The molecule has 4 aliphatic carbocycles. The van der Waals surface area contributed by atoms with Crippen LogP contribution in [0.3, 0.4) is 0 Å². The van der Waals surface area contributed by atoms with Gasteiger partial charge in [0.15, 0.2) is 11.3 Å². The molecular formula is C24H28N8O2. The molecule has 34 heavy (non-hydrogen) atoms. The van der Waals surface area contributed by atoms with Crippen molar-refractivity contribution >= 4 is 28.4 Å². The maximum atomic E-state index is 13.5. The molecule has 0 amide bonds. The summed E-state index contributed by atoms with van der Waals surface area (Å²) in [5.41, 5.74) is 4.06. The highest BCUT2D eigenvalue weighted by Gasteiger charge is 2.56. The van der Waals surface area contributed by atoms with Crippen molar-refractivity contribution in [3.05, 3.63) is 40.8 Å². The first-order valence-electron chi connectivity index (χ1n) is 12.1. The number of nitrogens with one attached hydrogen (secondary N) is 1. The minimum atomic E-state index is -0.0304. The smallest absolute Gasteiger partial charge is 0.330 e. The summed E-state index contributed by atoms with van der Waals surface area (Å²) in [4.78, 5) is 27.1. The second kappa shape index (κ2) is 6.88. The van der Waals surface area contributed by atoms with Crippen LogP contribution in [0.4, 0.5) is 11.6 Å². The Morgan fingerprint density at radius 2 is 2.00 bits per heavy atom. The van der Waals surface area contributed by atoms with Crippen molar-refractivity contribution < 1.29 is 5.11 Å². The van der Waals surface area contributed by atoms with E-state index in [0.717, 1.165) is 54.5 Å². The van der Waals surface area contributed by atoms with Gasteiger partial charge in [-0.15, -0.1) is 0 Å². The number of nitrogens with zero attached hydrogens (tertiary/aromatic N) is 7. The first-order valence-corrected chi connectivity index (χ1v) is 12.1. The van der Waals surface area contributed by atoms with E-state index in [0.29, 0.717) is 29.3 Å². The summed E-state index contributed by atoms with van der Waals surface area (Å²) < 4.78 is 5.31. The molecule has 10 nitrogen and oxygen atoms in total. The van der Waals surface area contributed by atoms with Gasteiger partial charge >= 0.3 is 5.69 Å². The van der Waals surface area contributed by atoms with E-state index in [1.807, 2.05) is 23.8 Å².